The van der Waals surface area contributed by atoms with Crippen molar-refractivity contribution < 1.29 is 9.53 Å². The van der Waals surface area contributed by atoms with Gasteiger partial charge in [-0.05, 0) is 35.7 Å². The number of hydrogen-bond donors (Lipinski definition) is 0. The van der Waals surface area contributed by atoms with Crippen molar-refractivity contribution in [1.29, 1.82) is 0 Å². The van der Waals surface area contributed by atoms with Crippen LogP contribution in [0, 0.1) is 0 Å². The lowest BCUT2D eigenvalue weighted by atomic mass is 10.0. The van der Waals surface area contributed by atoms with Gasteiger partial charge in [-0.25, -0.2) is 4.79 Å². The maximum absolute atomic E-state index is 12.5. The molecule has 0 aliphatic carbocycles. The molecular formula is C24H32O2. The van der Waals surface area contributed by atoms with E-state index in [-0.39, 0.29) is 12.1 Å². The van der Waals surface area contributed by atoms with E-state index >= 15 is 0 Å². The number of unbranched alkanes of at least 4 members (excludes halogenated alkanes) is 6. The Morgan fingerprint density at radius 3 is 2.42 bits per heavy atom. The Bertz CT molecular complexity index is 689. The Morgan fingerprint density at radius 2 is 1.69 bits per heavy atom. The van der Waals surface area contributed by atoms with E-state index in [1.54, 1.807) is 0 Å². The number of carbonyl (C=O) groups excluding carboxylic acids is 1. The summed E-state index contributed by atoms with van der Waals surface area (Å²) in [6.07, 6.45) is 12.3. The van der Waals surface area contributed by atoms with E-state index in [4.69, 9.17) is 4.74 Å². The van der Waals surface area contributed by atoms with Crippen molar-refractivity contribution in [3.05, 3.63) is 60.7 Å². The zero-order valence-corrected chi connectivity index (χ0v) is 16.1. The van der Waals surface area contributed by atoms with Crippen LogP contribution in [0.4, 0.5) is 0 Å². The van der Waals surface area contributed by atoms with Crippen LogP contribution in [0.3, 0.4) is 0 Å². The Balaban J connectivity index is 1.83. The highest BCUT2D eigenvalue weighted by atomic mass is 16.5. The first-order chi connectivity index (χ1) is 12.7. The van der Waals surface area contributed by atoms with Crippen molar-refractivity contribution in [3.8, 4) is 0 Å². The molecule has 0 aliphatic heterocycles. The molecule has 0 fully saturated rings. The molecule has 0 saturated heterocycles. The van der Waals surface area contributed by atoms with E-state index in [1.807, 2.05) is 48.5 Å². The predicted octanol–water partition coefficient (Wildman–Crippen LogP) is 7.08. The predicted molar refractivity (Wildman–Crippen MR) is 111 cm³/mol. The molecule has 2 rings (SSSR count). The Kier molecular flexibility index (Phi) is 8.95. The summed E-state index contributed by atoms with van der Waals surface area (Å²) in [6, 6.07) is 13.8. The maximum Gasteiger partial charge on any atom is 0.338 e. The molecule has 2 heteroatoms. The lowest BCUT2D eigenvalue weighted by molar-refractivity contribution is 0.0283. The third kappa shape index (κ3) is 6.67. The average Bonchev–Trinajstić information content (AvgIpc) is 2.67. The monoisotopic (exact) mass is 352 g/mol. The molecule has 2 nitrogen and oxygen atoms in total. The maximum atomic E-state index is 12.5. The van der Waals surface area contributed by atoms with Gasteiger partial charge in [0, 0.05) is 6.42 Å². The number of benzene rings is 2. The first kappa shape index (κ1) is 20.2. The molecule has 0 amide bonds. The van der Waals surface area contributed by atoms with E-state index in [1.165, 1.54) is 38.5 Å². The third-order valence-corrected chi connectivity index (χ3v) is 4.82. The minimum atomic E-state index is -0.231. The Hall–Kier alpha value is -2.09. The molecule has 0 spiro atoms. The largest absolute Gasteiger partial charge is 0.458 e. The van der Waals surface area contributed by atoms with Crippen molar-refractivity contribution in [3.63, 3.8) is 0 Å². The van der Waals surface area contributed by atoms with E-state index in [2.05, 4.69) is 13.5 Å². The number of esters is 1. The van der Waals surface area contributed by atoms with Gasteiger partial charge < -0.3 is 4.74 Å². The minimum Gasteiger partial charge on any atom is -0.458 e. The van der Waals surface area contributed by atoms with E-state index in [0.717, 1.165) is 30.0 Å². The molecule has 2 aromatic carbocycles. The molecule has 1 unspecified atom stereocenters. The van der Waals surface area contributed by atoms with E-state index in [9.17, 15) is 4.79 Å². The van der Waals surface area contributed by atoms with Crippen LogP contribution in [-0.4, -0.2) is 12.1 Å². The number of fused-ring (bicyclic) bond motifs is 1. The SMILES string of the molecule is C=CCC(CCCCCCCCC)OC(=O)c1ccc2ccccc2c1. The highest BCUT2D eigenvalue weighted by molar-refractivity contribution is 5.95. The number of ether oxygens (including phenoxy) is 1. The quantitative estimate of drug-likeness (QED) is 0.232. The second kappa shape index (κ2) is 11.5. The lowest BCUT2D eigenvalue weighted by Crippen LogP contribution is -2.18. The molecule has 26 heavy (non-hydrogen) atoms. The third-order valence-electron chi connectivity index (χ3n) is 4.82. The lowest BCUT2D eigenvalue weighted by Gasteiger charge is -2.16. The fraction of sp³-hybridized carbons (Fsp3) is 0.458. The van der Waals surface area contributed by atoms with Crippen LogP contribution < -0.4 is 0 Å². The molecule has 0 aromatic heterocycles. The standard InChI is InChI=1S/C24H32O2/c1-3-5-6-7-8-9-10-16-23(13-4-2)26-24(25)22-18-17-20-14-11-12-15-21(20)19-22/h4,11-12,14-15,17-19,23H,2-3,5-10,13,16H2,1H3. The molecule has 1 atom stereocenters. The van der Waals surface area contributed by atoms with Gasteiger partial charge in [-0.1, -0.05) is 81.9 Å². The van der Waals surface area contributed by atoms with Crippen LogP contribution in [0.25, 0.3) is 10.8 Å². The van der Waals surface area contributed by atoms with Gasteiger partial charge in [0.1, 0.15) is 6.10 Å². The Morgan fingerprint density at radius 1 is 1.00 bits per heavy atom. The normalized spacial score (nSPS) is 12.0. The van der Waals surface area contributed by atoms with Gasteiger partial charge >= 0.3 is 5.97 Å². The van der Waals surface area contributed by atoms with Gasteiger partial charge in [-0.2, -0.15) is 0 Å². The highest BCUT2D eigenvalue weighted by Crippen LogP contribution is 2.19. The highest BCUT2D eigenvalue weighted by Gasteiger charge is 2.15. The summed E-state index contributed by atoms with van der Waals surface area (Å²) in [5.41, 5.74) is 0.623. The molecule has 0 radical (unpaired) electrons. The zero-order chi connectivity index (χ0) is 18.6. The molecule has 2 aromatic rings. The Labute approximate surface area is 158 Å². The molecule has 0 aliphatic rings. The smallest absolute Gasteiger partial charge is 0.338 e. The summed E-state index contributed by atoms with van der Waals surface area (Å²) in [4.78, 5) is 12.5. The van der Waals surface area contributed by atoms with Gasteiger partial charge in [0.15, 0.2) is 0 Å². The van der Waals surface area contributed by atoms with Crippen LogP contribution >= 0.6 is 0 Å². The number of hydrogen-bond acceptors (Lipinski definition) is 2. The summed E-state index contributed by atoms with van der Waals surface area (Å²) in [6.45, 7) is 6.05. The summed E-state index contributed by atoms with van der Waals surface area (Å²) >= 11 is 0. The van der Waals surface area contributed by atoms with Gasteiger partial charge in [-0.3, -0.25) is 0 Å². The van der Waals surface area contributed by atoms with E-state index in [0.29, 0.717) is 5.56 Å². The van der Waals surface area contributed by atoms with Gasteiger partial charge in [0.2, 0.25) is 0 Å². The average molecular weight is 353 g/mol. The number of rotatable bonds is 12. The second-order valence-electron chi connectivity index (χ2n) is 7.02. The number of carbonyl (C=O) groups is 1. The summed E-state index contributed by atoms with van der Waals surface area (Å²) < 4.78 is 5.76. The molecule has 0 saturated carbocycles. The van der Waals surface area contributed by atoms with Crippen LogP contribution in [0.2, 0.25) is 0 Å². The summed E-state index contributed by atoms with van der Waals surface area (Å²) in [7, 11) is 0. The van der Waals surface area contributed by atoms with Crippen LogP contribution in [-0.2, 0) is 4.74 Å². The summed E-state index contributed by atoms with van der Waals surface area (Å²) in [5.74, 6) is -0.231. The molecular weight excluding hydrogens is 320 g/mol. The van der Waals surface area contributed by atoms with Gasteiger partial charge in [0.25, 0.3) is 0 Å². The van der Waals surface area contributed by atoms with Crippen LogP contribution in [0.15, 0.2) is 55.1 Å². The minimum absolute atomic E-state index is 0.0675. The molecule has 0 bridgehead atoms. The molecule has 0 N–H and O–H groups in total. The fourth-order valence-corrected chi connectivity index (χ4v) is 3.28. The van der Waals surface area contributed by atoms with Gasteiger partial charge in [0.05, 0.1) is 5.56 Å². The first-order valence-electron chi connectivity index (χ1n) is 10.0. The van der Waals surface area contributed by atoms with Crippen molar-refractivity contribution in [2.24, 2.45) is 0 Å². The molecule has 140 valence electrons. The van der Waals surface area contributed by atoms with Crippen molar-refractivity contribution in [2.45, 2.75) is 70.8 Å². The van der Waals surface area contributed by atoms with Gasteiger partial charge in [-0.15, -0.1) is 6.58 Å². The van der Waals surface area contributed by atoms with E-state index < -0.39 is 0 Å². The first-order valence-corrected chi connectivity index (χ1v) is 10.0. The van der Waals surface area contributed by atoms with Crippen LogP contribution in [0.5, 0.6) is 0 Å². The zero-order valence-electron chi connectivity index (χ0n) is 16.1. The fourth-order valence-electron chi connectivity index (χ4n) is 3.28. The van der Waals surface area contributed by atoms with Crippen molar-refractivity contribution in [2.75, 3.05) is 0 Å². The second-order valence-corrected chi connectivity index (χ2v) is 7.02. The molecule has 0 heterocycles. The topological polar surface area (TPSA) is 26.3 Å². The van der Waals surface area contributed by atoms with Crippen LogP contribution in [0.1, 0.15) is 75.1 Å². The van der Waals surface area contributed by atoms with Crippen molar-refractivity contribution >= 4 is 16.7 Å². The summed E-state index contributed by atoms with van der Waals surface area (Å²) in [5, 5.41) is 2.20. The van der Waals surface area contributed by atoms with Crippen molar-refractivity contribution in [1.82, 2.24) is 0 Å².